The van der Waals surface area contributed by atoms with Crippen LogP contribution in [0.5, 0.6) is 0 Å². The van der Waals surface area contributed by atoms with E-state index >= 15 is 0 Å². The molecule has 0 aromatic carbocycles. The molecule has 4 heteroatoms. The number of nitrogens with two attached hydrogens (primary N) is 1. The van der Waals surface area contributed by atoms with Gasteiger partial charge in [-0.15, -0.1) is 0 Å². The fraction of sp³-hybridized carbons (Fsp3) is 0.444. The minimum absolute atomic E-state index is 0.141. The van der Waals surface area contributed by atoms with Crippen molar-refractivity contribution in [1.29, 1.82) is 0 Å². The van der Waals surface area contributed by atoms with Crippen LogP contribution in [0.2, 0.25) is 0 Å². The summed E-state index contributed by atoms with van der Waals surface area (Å²) in [5.41, 5.74) is 8.28. The second-order valence-electron chi connectivity index (χ2n) is 2.96. The van der Waals surface area contributed by atoms with E-state index in [4.69, 9.17) is 5.73 Å². The summed E-state index contributed by atoms with van der Waals surface area (Å²) in [6, 6.07) is 3.27. The molecular formula is C9H15N3O. The third kappa shape index (κ3) is 2.91. The van der Waals surface area contributed by atoms with Crippen LogP contribution in [0.1, 0.15) is 19.8 Å². The number of nitrogens with zero attached hydrogens (tertiary/aromatic N) is 1. The number of carbonyl (C=O) groups is 1. The highest BCUT2D eigenvalue weighted by atomic mass is 16.2. The van der Waals surface area contributed by atoms with Gasteiger partial charge in [-0.1, -0.05) is 13.3 Å². The van der Waals surface area contributed by atoms with Gasteiger partial charge in [0, 0.05) is 12.4 Å². The first-order valence-electron chi connectivity index (χ1n) is 4.43. The molecule has 1 amide bonds. The molecular weight excluding hydrogens is 166 g/mol. The first-order chi connectivity index (χ1) is 6.24. The van der Waals surface area contributed by atoms with Crippen LogP contribution in [-0.2, 0) is 4.79 Å². The molecule has 13 heavy (non-hydrogen) atoms. The molecule has 0 bridgehead atoms. The summed E-state index contributed by atoms with van der Waals surface area (Å²) in [5, 5.41) is 0. The number of rotatable bonds is 4. The maximum atomic E-state index is 11.3. The van der Waals surface area contributed by atoms with E-state index in [1.54, 1.807) is 17.1 Å². The van der Waals surface area contributed by atoms with Gasteiger partial charge in [-0.2, -0.15) is 0 Å². The molecule has 0 aliphatic carbocycles. The molecule has 1 aromatic rings. The quantitative estimate of drug-likeness (QED) is 0.717. The summed E-state index contributed by atoms with van der Waals surface area (Å²) in [7, 11) is 0. The fourth-order valence-corrected chi connectivity index (χ4v) is 1.06. The number of aromatic nitrogens is 1. The lowest BCUT2D eigenvalue weighted by Crippen LogP contribution is -2.38. The van der Waals surface area contributed by atoms with E-state index in [1.807, 2.05) is 19.1 Å². The molecule has 3 N–H and O–H groups in total. The van der Waals surface area contributed by atoms with Gasteiger partial charge in [-0.3, -0.25) is 14.9 Å². The van der Waals surface area contributed by atoms with Crippen molar-refractivity contribution in [2.45, 2.75) is 25.8 Å². The van der Waals surface area contributed by atoms with E-state index < -0.39 is 6.04 Å². The zero-order valence-electron chi connectivity index (χ0n) is 7.73. The Labute approximate surface area is 77.7 Å². The molecule has 1 aromatic heterocycles. The second-order valence-corrected chi connectivity index (χ2v) is 2.96. The van der Waals surface area contributed by atoms with Crippen molar-refractivity contribution in [3.63, 3.8) is 0 Å². The van der Waals surface area contributed by atoms with E-state index in [1.165, 1.54) is 0 Å². The zero-order chi connectivity index (χ0) is 9.68. The molecule has 0 spiro atoms. The number of carbonyl (C=O) groups excluding carboxylic acids is 1. The lowest BCUT2D eigenvalue weighted by molar-refractivity contribution is -0.118. The lowest BCUT2D eigenvalue weighted by atomic mass is 10.2. The molecule has 0 aliphatic heterocycles. The molecule has 0 aliphatic rings. The largest absolute Gasteiger partial charge is 0.320 e. The van der Waals surface area contributed by atoms with Crippen LogP contribution in [0, 0.1) is 0 Å². The summed E-state index contributed by atoms with van der Waals surface area (Å²) in [6.07, 6.45) is 5.15. The Kier molecular flexibility index (Phi) is 3.52. The maximum absolute atomic E-state index is 11.3. The predicted molar refractivity (Wildman–Crippen MR) is 51.7 cm³/mol. The first kappa shape index (κ1) is 9.80. The molecule has 0 unspecified atom stereocenters. The van der Waals surface area contributed by atoms with E-state index in [0.717, 1.165) is 6.42 Å². The molecule has 0 radical (unpaired) electrons. The van der Waals surface area contributed by atoms with Crippen molar-refractivity contribution in [3.8, 4) is 0 Å². The Morgan fingerprint density at radius 2 is 2.15 bits per heavy atom. The Morgan fingerprint density at radius 3 is 2.69 bits per heavy atom. The van der Waals surface area contributed by atoms with Gasteiger partial charge < -0.3 is 5.73 Å². The Morgan fingerprint density at radius 1 is 1.54 bits per heavy atom. The fourth-order valence-electron chi connectivity index (χ4n) is 1.06. The van der Waals surface area contributed by atoms with Crippen molar-refractivity contribution in [2.75, 3.05) is 5.43 Å². The van der Waals surface area contributed by atoms with Gasteiger partial charge in [0.05, 0.1) is 6.04 Å². The van der Waals surface area contributed by atoms with Gasteiger partial charge >= 0.3 is 0 Å². The van der Waals surface area contributed by atoms with Crippen molar-refractivity contribution >= 4 is 5.91 Å². The van der Waals surface area contributed by atoms with Gasteiger partial charge in [0.2, 0.25) is 0 Å². The molecule has 1 rings (SSSR count). The summed E-state index contributed by atoms with van der Waals surface area (Å²) in [4.78, 5) is 11.3. The van der Waals surface area contributed by atoms with Crippen molar-refractivity contribution in [3.05, 3.63) is 24.5 Å². The summed E-state index contributed by atoms with van der Waals surface area (Å²) in [6.45, 7) is 2.00. The van der Waals surface area contributed by atoms with Crippen molar-refractivity contribution in [1.82, 2.24) is 4.68 Å². The molecule has 0 fully saturated rings. The minimum Gasteiger partial charge on any atom is -0.320 e. The van der Waals surface area contributed by atoms with Crippen LogP contribution in [0.25, 0.3) is 0 Å². The third-order valence-corrected chi connectivity index (χ3v) is 1.78. The first-order valence-corrected chi connectivity index (χ1v) is 4.43. The van der Waals surface area contributed by atoms with E-state index in [2.05, 4.69) is 5.43 Å². The summed E-state index contributed by atoms with van der Waals surface area (Å²) in [5.74, 6) is -0.141. The third-order valence-electron chi connectivity index (χ3n) is 1.78. The highest BCUT2D eigenvalue weighted by Crippen LogP contribution is 1.94. The minimum atomic E-state index is -0.410. The average Bonchev–Trinajstić information content (AvgIpc) is 2.57. The van der Waals surface area contributed by atoms with E-state index in [0.29, 0.717) is 6.42 Å². The van der Waals surface area contributed by atoms with Gasteiger partial charge in [-0.25, -0.2) is 0 Å². The SMILES string of the molecule is CCC[C@H](N)C(=O)Nn1cccc1. The van der Waals surface area contributed by atoms with Gasteiger partial charge in [0.1, 0.15) is 0 Å². The van der Waals surface area contributed by atoms with Gasteiger partial charge in [0.25, 0.3) is 5.91 Å². The van der Waals surface area contributed by atoms with Gasteiger partial charge in [0.15, 0.2) is 0 Å². The number of nitrogens with one attached hydrogen (secondary N) is 1. The molecule has 1 heterocycles. The number of hydrogen-bond acceptors (Lipinski definition) is 2. The van der Waals surface area contributed by atoms with Crippen LogP contribution in [0.4, 0.5) is 0 Å². The van der Waals surface area contributed by atoms with Crippen molar-refractivity contribution < 1.29 is 4.79 Å². The Bertz CT molecular complexity index is 256. The Hall–Kier alpha value is -1.29. The topological polar surface area (TPSA) is 60.1 Å². The highest BCUT2D eigenvalue weighted by molar-refractivity contribution is 5.88. The lowest BCUT2D eigenvalue weighted by Gasteiger charge is -2.11. The van der Waals surface area contributed by atoms with Crippen LogP contribution in [-0.4, -0.2) is 16.6 Å². The smallest absolute Gasteiger partial charge is 0.255 e. The second kappa shape index (κ2) is 4.67. The molecule has 72 valence electrons. The van der Waals surface area contributed by atoms with Gasteiger partial charge in [-0.05, 0) is 18.6 Å². The monoisotopic (exact) mass is 181 g/mol. The van der Waals surface area contributed by atoms with Crippen LogP contribution < -0.4 is 11.2 Å². The average molecular weight is 181 g/mol. The van der Waals surface area contributed by atoms with Crippen LogP contribution >= 0.6 is 0 Å². The van der Waals surface area contributed by atoms with E-state index in [9.17, 15) is 4.79 Å². The number of amides is 1. The molecule has 1 atom stereocenters. The Balaban J connectivity index is 2.41. The summed E-state index contributed by atoms with van der Waals surface area (Å²) >= 11 is 0. The van der Waals surface area contributed by atoms with E-state index in [-0.39, 0.29) is 5.91 Å². The molecule has 4 nitrogen and oxygen atoms in total. The predicted octanol–water partition coefficient (Wildman–Crippen LogP) is 0.686. The number of hydrogen-bond donors (Lipinski definition) is 2. The van der Waals surface area contributed by atoms with Crippen LogP contribution in [0.3, 0.4) is 0 Å². The standard InChI is InChI=1S/C9H15N3O/c1-2-5-8(10)9(13)11-12-6-3-4-7-12/h3-4,6-8H,2,5,10H2,1H3,(H,11,13)/t8-/m0/s1. The molecule has 0 saturated carbocycles. The molecule has 0 saturated heterocycles. The maximum Gasteiger partial charge on any atom is 0.255 e. The normalized spacial score (nSPS) is 12.5. The van der Waals surface area contributed by atoms with Crippen molar-refractivity contribution in [2.24, 2.45) is 5.73 Å². The zero-order valence-corrected chi connectivity index (χ0v) is 7.73. The highest BCUT2D eigenvalue weighted by Gasteiger charge is 2.11. The summed E-state index contributed by atoms with van der Waals surface area (Å²) < 4.78 is 1.60. The van der Waals surface area contributed by atoms with Crippen LogP contribution in [0.15, 0.2) is 24.5 Å².